The van der Waals surface area contributed by atoms with Gasteiger partial charge < -0.3 is 15.0 Å². The molecule has 0 unspecified atom stereocenters. The Kier molecular flexibility index (Phi) is 5.56. The highest BCUT2D eigenvalue weighted by molar-refractivity contribution is 5.76. The molecule has 1 aromatic carbocycles. The summed E-state index contributed by atoms with van der Waals surface area (Å²) in [6.07, 6.45) is 1.37. The quantitative estimate of drug-likeness (QED) is 0.798. The predicted molar refractivity (Wildman–Crippen MR) is 78.7 cm³/mol. The molecule has 1 aromatic rings. The molecule has 1 aliphatic rings. The van der Waals surface area contributed by atoms with Gasteiger partial charge >= 0.3 is 0 Å². The molecule has 2 rings (SSSR count). The van der Waals surface area contributed by atoms with E-state index in [-0.39, 0.29) is 18.1 Å². The number of carbonyl (C=O) groups excluding carboxylic acids is 1. The molecule has 0 aliphatic carbocycles. The van der Waals surface area contributed by atoms with Crippen LogP contribution in [0, 0.1) is 0 Å². The maximum absolute atomic E-state index is 11.9. The lowest BCUT2D eigenvalue weighted by molar-refractivity contribution is -0.907. The van der Waals surface area contributed by atoms with Gasteiger partial charge in [0, 0.05) is 6.54 Å². The van der Waals surface area contributed by atoms with Crippen molar-refractivity contribution in [1.82, 2.24) is 5.32 Å². The van der Waals surface area contributed by atoms with Gasteiger partial charge in [-0.1, -0.05) is 30.3 Å². The molecule has 0 radical (unpaired) electrons. The van der Waals surface area contributed by atoms with E-state index in [9.17, 15) is 4.79 Å². The van der Waals surface area contributed by atoms with Crippen molar-refractivity contribution >= 4 is 5.91 Å². The Balaban J connectivity index is 1.67. The molecule has 4 nitrogen and oxygen atoms in total. The minimum Gasteiger partial charge on any atom is -0.364 e. The van der Waals surface area contributed by atoms with E-state index in [1.54, 1.807) is 0 Å². The van der Waals surface area contributed by atoms with Crippen LogP contribution in [0.4, 0.5) is 0 Å². The highest BCUT2D eigenvalue weighted by Gasteiger charge is 2.26. The monoisotopic (exact) mass is 277 g/mol. The predicted octanol–water partition coefficient (Wildman–Crippen LogP) is 0.0374. The van der Waals surface area contributed by atoms with Crippen LogP contribution in [0.15, 0.2) is 30.3 Å². The standard InChI is InChI=1S/C16H24N2O2/c1-13-10-18(11-14(2)20-13)12-16(19)17-9-8-15-6-4-3-5-7-15/h3-7,13-14H,8-12H2,1-2H3,(H,17,19)/p+1/t13-,14-/m0/s1. The third-order valence-electron chi connectivity index (χ3n) is 3.61. The molecule has 0 spiro atoms. The zero-order valence-electron chi connectivity index (χ0n) is 12.4. The van der Waals surface area contributed by atoms with Crippen LogP contribution in [0.5, 0.6) is 0 Å². The normalized spacial score (nSPS) is 26.2. The highest BCUT2D eigenvalue weighted by Crippen LogP contribution is 1.99. The molecule has 2 N–H and O–H groups in total. The lowest BCUT2D eigenvalue weighted by Crippen LogP contribution is -3.16. The molecule has 1 amide bonds. The number of hydrogen-bond acceptors (Lipinski definition) is 2. The second kappa shape index (κ2) is 7.41. The number of ether oxygens (including phenoxy) is 1. The molecule has 4 heteroatoms. The van der Waals surface area contributed by atoms with E-state index < -0.39 is 0 Å². The van der Waals surface area contributed by atoms with Crippen molar-refractivity contribution in [3.8, 4) is 0 Å². The Bertz CT molecular complexity index is 412. The van der Waals surface area contributed by atoms with Crippen molar-refractivity contribution < 1.29 is 14.4 Å². The summed E-state index contributed by atoms with van der Waals surface area (Å²) >= 11 is 0. The van der Waals surface area contributed by atoms with E-state index in [0.717, 1.165) is 19.5 Å². The molecule has 20 heavy (non-hydrogen) atoms. The van der Waals surface area contributed by atoms with Crippen LogP contribution in [-0.2, 0) is 16.0 Å². The van der Waals surface area contributed by atoms with Gasteiger partial charge in [0.1, 0.15) is 25.3 Å². The van der Waals surface area contributed by atoms with Crippen LogP contribution in [0.25, 0.3) is 0 Å². The molecule has 0 saturated carbocycles. The number of hydrogen-bond donors (Lipinski definition) is 2. The highest BCUT2D eigenvalue weighted by atomic mass is 16.5. The molecule has 1 saturated heterocycles. The summed E-state index contributed by atoms with van der Waals surface area (Å²) in [4.78, 5) is 13.3. The Hall–Kier alpha value is -1.39. The van der Waals surface area contributed by atoms with Crippen LogP contribution in [0.3, 0.4) is 0 Å². The van der Waals surface area contributed by atoms with Crippen LogP contribution >= 0.6 is 0 Å². The van der Waals surface area contributed by atoms with Crippen molar-refractivity contribution in [3.05, 3.63) is 35.9 Å². The van der Waals surface area contributed by atoms with E-state index >= 15 is 0 Å². The second-order valence-corrected chi connectivity index (χ2v) is 5.68. The Morgan fingerprint density at radius 2 is 1.90 bits per heavy atom. The van der Waals surface area contributed by atoms with Crippen LogP contribution in [0.2, 0.25) is 0 Å². The summed E-state index contributed by atoms with van der Waals surface area (Å²) in [5, 5.41) is 3.01. The second-order valence-electron chi connectivity index (χ2n) is 5.68. The number of rotatable bonds is 5. The number of nitrogens with one attached hydrogen (secondary N) is 2. The number of quaternary nitrogens is 1. The first-order valence-electron chi connectivity index (χ1n) is 7.43. The zero-order chi connectivity index (χ0) is 14.4. The molecule has 2 atom stereocenters. The van der Waals surface area contributed by atoms with Gasteiger partial charge in [0.25, 0.3) is 5.91 Å². The minimum atomic E-state index is 0.136. The topological polar surface area (TPSA) is 42.8 Å². The fourth-order valence-electron chi connectivity index (χ4n) is 2.81. The van der Waals surface area contributed by atoms with Crippen LogP contribution in [-0.4, -0.2) is 44.3 Å². The first kappa shape index (κ1) is 15.0. The lowest BCUT2D eigenvalue weighted by Gasteiger charge is -2.31. The first-order valence-corrected chi connectivity index (χ1v) is 7.43. The third kappa shape index (κ3) is 4.94. The van der Waals surface area contributed by atoms with Gasteiger partial charge in [-0.2, -0.15) is 0 Å². The number of benzene rings is 1. The summed E-state index contributed by atoms with van der Waals surface area (Å²) in [7, 11) is 0. The van der Waals surface area contributed by atoms with Gasteiger partial charge in [-0.15, -0.1) is 0 Å². The Morgan fingerprint density at radius 3 is 2.55 bits per heavy atom. The van der Waals surface area contributed by atoms with E-state index in [1.165, 1.54) is 10.5 Å². The third-order valence-corrected chi connectivity index (χ3v) is 3.61. The summed E-state index contributed by atoms with van der Waals surface area (Å²) < 4.78 is 5.68. The van der Waals surface area contributed by atoms with Crippen molar-refractivity contribution in [3.63, 3.8) is 0 Å². The number of amides is 1. The summed E-state index contributed by atoms with van der Waals surface area (Å²) in [6, 6.07) is 10.2. The fourth-order valence-corrected chi connectivity index (χ4v) is 2.81. The lowest BCUT2D eigenvalue weighted by atomic mass is 10.1. The Morgan fingerprint density at radius 1 is 1.25 bits per heavy atom. The SMILES string of the molecule is C[C@H]1C[NH+](CC(=O)NCCc2ccccc2)C[C@H](C)O1. The molecule has 1 aliphatic heterocycles. The summed E-state index contributed by atoms with van der Waals surface area (Å²) in [5.41, 5.74) is 1.26. The average molecular weight is 277 g/mol. The van der Waals surface area contributed by atoms with Crippen LogP contribution < -0.4 is 10.2 Å². The van der Waals surface area contributed by atoms with Crippen molar-refractivity contribution in [1.29, 1.82) is 0 Å². The summed E-state index contributed by atoms with van der Waals surface area (Å²) in [5.74, 6) is 0.136. The van der Waals surface area contributed by atoms with Gasteiger partial charge in [0.2, 0.25) is 0 Å². The maximum atomic E-state index is 11.9. The van der Waals surface area contributed by atoms with E-state index in [4.69, 9.17) is 4.74 Å². The first-order chi connectivity index (χ1) is 9.63. The van der Waals surface area contributed by atoms with Gasteiger partial charge in [-0.05, 0) is 25.8 Å². The molecular formula is C16H25N2O2+. The Labute approximate surface area is 121 Å². The number of carbonyl (C=O) groups is 1. The maximum Gasteiger partial charge on any atom is 0.275 e. The van der Waals surface area contributed by atoms with Gasteiger partial charge in [0.15, 0.2) is 6.54 Å². The van der Waals surface area contributed by atoms with E-state index in [1.807, 2.05) is 18.2 Å². The molecular weight excluding hydrogens is 252 g/mol. The van der Waals surface area contributed by atoms with E-state index in [2.05, 4.69) is 31.3 Å². The van der Waals surface area contributed by atoms with Crippen molar-refractivity contribution in [2.45, 2.75) is 32.5 Å². The zero-order valence-corrected chi connectivity index (χ0v) is 12.4. The van der Waals surface area contributed by atoms with Crippen molar-refractivity contribution in [2.75, 3.05) is 26.2 Å². The minimum absolute atomic E-state index is 0.136. The van der Waals surface area contributed by atoms with Gasteiger partial charge in [0.05, 0.1) is 0 Å². The van der Waals surface area contributed by atoms with Gasteiger partial charge in [-0.3, -0.25) is 4.79 Å². The largest absolute Gasteiger partial charge is 0.364 e. The van der Waals surface area contributed by atoms with Crippen molar-refractivity contribution in [2.24, 2.45) is 0 Å². The molecule has 1 fully saturated rings. The average Bonchev–Trinajstić information content (AvgIpc) is 2.38. The number of morpholine rings is 1. The van der Waals surface area contributed by atoms with Crippen LogP contribution in [0.1, 0.15) is 19.4 Å². The molecule has 1 heterocycles. The smallest absolute Gasteiger partial charge is 0.275 e. The molecule has 0 bridgehead atoms. The molecule has 0 aromatic heterocycles. The van der Waals surface area contributed by atoms with Gasteiger partial charge in [-0.25, -0.2) is 0 Å². The summed E-state index contributed by atoms with van der Waals surface area (Å²) in [6.45, 7) is 7.23. The van der Waals surface area contributed by atoms with E-state index in [0.29, 0.717) is 13.1 Å². The fraction of sp³-hybridized carbons (Fsp3) is 0.562. The molecule has 110 valence electrons.